The van der Waals surface area contributed by atoms with Gasteiger partial charge in [0.25, 0.3) is 5.91 Å². The van der Waals surface area contributed by atoms with E-state index in [1.54, 1.807) is 36.6 Å². The lowest BCUT2D eigenvalue weighted by atomic mass is 9.80. The molecule has 224 valence electrons. The van der Waals surface area contributed by atoms with Crippen molar-refractivity contribution < 1.29 is 28.1 Å². The van der Waals surface area contributed by atoms with E-state index in [0.717, 1.165) is 27.7 Å². The molecule has 0 aliphatic heterocycles. The monoisotopic (exact) mass is 639 g/mol. The molecule has 0 radical (unpaired) electrons. The number of amides is 1. The molecule has 0 bridgehead atoms. The first kappa shape index (κ1) is 30.9. The third-order valence-electron chi connectivity index (χ3n) is 7.92. The van der Waals surface area contributed by atoms with Crippen LogP contribution in [0.3, 0.4) is 0 Å². The Labute approximate surface area is 260 Å². The number of rotatable bonds is 10. The smallest absolute Gasteiger partial charge is 0.326 e. The summed E-state index contributed by atoms with van der Waals surface area (Å²) >= 11 is 13.2. The summed E-state index contributed by atoms with van der Waals surface area (Å²) in [6.45, 7) is 0. The molecule has 1 aromatic heterocycles. The first-order valence-corrected chi connectivity index (χ1v) is 16.7. The van der Waals surface area contributed by atoms with Crippen LogP contribution in [-0.2, 0) is 44.8 Å². The summed E-state index contributed by atoms with van der Waals surface area (Å²) in [6, 6.07) is 14.9. The number of carboxylic acid groups (broad SMARTS) is 1. The topological polar surface area (TPSA) is 114 Å². The Balaban J connectivity index is 1.27. The van der Waals surface area contributed by atoms with E-state index in [4.69, 9.17) is 27.6 Å². The largest absolute Gasteiger partial charge is 0.480 e. The average molecular weight is 641 g/mol. The van der Waals surface area contributed by atoms with E-state index in [1.165, 1.54) is 6.26 Å². The molecule has 10 heteroatoms. The maximum atomic E-state index is 13.3. The van der Waals surface area contributed by atoms with Gasteiger partial charge >= 0.3 is 5.97 Å². The van der Waals surface area contributed by atoms with Crippen molar-refractivity contribution >= 4 is 67.2 Å². The van der Waals surface area contributed by atoms with Crippen LogP contribution in [-0.4, -0.2) is 45.1 Å². The second kappa shape index (κ2) is 12.6. The quantitative estimate of drug-likeness (QED) is 0.200. The fourth-order valence-electron chi connectivity index (χ4n) is 5.56. The Morgan fingerprint density at radius 2 is 1.91 bits per heavy atom. The Bertz CT molecular complexity index is 1850. The fraction of sp³-hybridized carbons (Fsp3) is 0.273. The lowest BCUT2D eigenvalue weighted by molar-refractivity contribution is -0.139. The van der Waals surface area contributed by atoms with E-state index >= 15 is 0 Å². The van der Waals surface area contributed by atoms with Crippen LogP contribution >= 0.6 is 23.2 Å². The van der Waals surface area contributed by atoms with E-state index in [2.05, 4.69) is 11.2 Å². The maximum absolute atomic E-state index is 13.3. The van der Waals surface area contributed by atoms with Gasteiger partial charge in [-0.3, -0.25) is 13.8 Å². The van der Waals surface area contributed by atoms with Gasteiger partial charge in [0.2, 0.25) is 0 Å². The van der Waals surface area contributed by atoms with E-state index in [1.807, 2.05) is 24.3 Å². The van der Waals surface area contributed by atoms with E-state index in [9.17, 15) is 23.7 Å². The van der Waals surface area contributed by atoms with Crippen LogP contribution in [0, 0.1) is 5.92 Å². The highest BCUT2D eigenvalue weighted by Crippen LogP contribution is 2.38. The molecule has 43 heavy (non-hydrogen) atoms. The lowest BCUT2D eigenvalue weighted by Crippen LogP contribution is -2.42. The first-order chi connectivity index (χ1) is 20.4. The van der Waals surface area contributed by atoms with E-state index in [-0.39, 0.29) is 33.7 Å². The molecule has 0 spiro atoms. The molecule has 1 aliphatic carbocycles. The number of halogens is 2. The van der Waals surface area contributed by atoms with Gasteiger partial charge in [0.05, 0.1) is 21.9 Å². The Morgan fingerprint density at radius 1 is 1.12 bits per heavy atom. The minimum atomic E-state index is -2.49. The summed E-state index contributed by atoms with van der Waals surface area (Å²) in [4.78, 5) is 39.0. The summed E-state index contributed by atoms with van der Waals surface area (Å²) < 4.78 is 17.8. The predicted molar refractivity (Wildman–Crippen MR) is 170 cm³/mol. The molecule has 1 amide bonds. The maximum Gasteiger partial charge on any atom is 0.326 e. The number of hydrogen-bond donors (Lipinski definition) is 2. The van der Waals surface area contributed by atoms with Gasteiger partial charge in [0.15, 0.2) is 0 Å². The molecule has 3 aromatic carbocycles. The number of fused-ring (bicyclic) bond motifs is 2. The Kier molecular flexibility index (Phi) is 9.02. The number of nitrogens with one attached hydrogen (secondary N) is 1. The first-order valence-electron chi connectivity index (χ1n) is 13.8. The van der Waals surface area contributed by atoms with E-state index < -0.39 is 27.4 Å². The van der Waals surface area contributed by atoms with Gasteiger partial charge in [-0.1, -0.05) is 47.5 Å². The zero-order valence-corrected chi connectivity index (χ0v) is 25.9. The highest BCUT2D eigenvalue weighted by molar-refractivity contribution is 7.99. The molecule has 4 aromatic rings. The SMILES string of the molecule is C=S(C)(=O)c1cccc(C[C@H](NC(=O)c2c(Cl)cc3c(c2Cl)CCC(C(=O)CCc2ccc4ccoc4c2)C3)C(=O)O)c1. The summed E-state index contributed by atoms with van der Waals surface area (Å²) in [5.74, 6) is 1.71. The third-order valence-corrected chi connectivity index (χ3v) is 9.89. The Hall–Kier alpha value is -3.59. The third kappa shape index (κ3) is 6.98. The minimum Gasteiger partial charge on any atom is -0.480 e. The average Bonchev–Trinajstić information content (AvgIpc) is 3.43. The normalized spacial score (nSPS) is 16.7. The molecular weight excluding hydrogens is 609 g/mol. The molecule has 0 fully saturated rings. The number of aliphatic carboxylic acids is 1. The zero-order chi connectivity index (χ0) is 30.9. The van der Waals surface area contributed by atoms with Gasteiger partial charge in [0.1, 0.15) is 17.4 Å². The van der Waals surface area contributed by atoms with Gasteiger partial charge in [-0.05, 0) is 93.7 Å². The molecule has 0 saturated heterocycles. The number of carboxylic acids is 1. The fourth-order valence-corrected chi connectivity index (χ4v) is 7.09. The highest BCUT2D eigenvalue weighted by Gasteiger charge is 2.30. The molecule has 1 heterocycles. The van der Waals surface area contributed by atoms with Crippen molar-refractivity contribution in [1.82, 2.24) is 5.32 Å². The highest BCUT2D eigenvalue weighted by atomic mass is 35.5. The van der Waals surface area contributed by atoms with Crippen LogP contribution in [0.1, 0.15) is 45.5 Å². The van der Waals surface area contributed by atoms with Crippen molar-refractivity contribution in [1.29, 1.82) is 0 Å². The number of Topliss-reactive ketones (excluding diaryl/α,β-unsaturated/α-hetero) is 1. The number of ketones is 1. The van der Waals surface area contributed by atoms with Crippen molar-refractivity contribution in [2.45, 2.75) is 49.5 Å². The van der Waals surface area contributed by atoms with Gasteiger partial charge in [-0.2, -0.15) is 0 Å². The van der Waals surface area contributed by atoms with Crippen molar-refractivity contribution in [3.8, 4) is 0 Å². The summed E-state index contributed by atoms with van der Waals surface area (Å²) in [5, 5.41) is 13.7. The van der Waals surface area contributed by atoms with Crippen LogP contribution in [0.5, 0.6) is 0 Å². The van der Waals surface area contributed by atoms with Crippen molar-refractivity contribution in [2.24, 2.45) is 5.92 Å². The van der Waals surface area contributed by atoms with Crippen LogP contribution in [0.25, 0.3) is 11.0 Å². The molecule has 2 unspecified atom stereocenters. The minimum absolute atomic E-state index is 0.00881. The number of carbonyl (C=O) groups excluding carboxylic acids is 2. The van der Waals surface area contributed by atoms with E-state index in [0.29, 0.717) is 42.6 Å². The van der Waals surface area contributed by atoms with Crippen LogP contribution in [0.2, 0.25) is 10.0 Å². The molecular formula is C33H31Cl2NO6S. The number of aryl methyl sites for hydroxylation is 1. The molecule has 5 rings (SSSR count). The van der Waals surface area contributed by atoms with Crippen molar-refractivity contribution in [3.05, 3.63) is 98.7 Å². The van der Waals surface area contributed by atoms with Gasteiger partial charge in [0, 0.05) is 35.3 Å². The summed E-state index contributed by atoms with van der Waals surface area (Å²) in [7, 11) is -2.49. The van der Waals surface area contributed by atoms with Crippen LogP contribution in [0.4, 0.5) is 0 Å². The molecule has 0 saturated carbocycles. The van der Waals surface area contributed by atoms with Crippen molar-refractivity contribution in [2.75, 3.05) is 6.26 Å². The second-order valence-electron chi connectivity index (χ2n) is 11.1. The van der Waals surface area contributed by atoms with Gasteiger partial charge in [-0.15, -0.1) is 0 Å². The second-order valence-corrected chi connectivity index (χ2v) is 14.4. The summed E-state index contributed by atoms with van der Waals surface area (Å²) in [5.41, 5.74) is 3.99. The molecule has 2 N–H and O–H groups in total. The molecule has 1 aliphatic rings. The summed E-state index contributed by atoms with van der Waals surface area (Å²) in [6.07, 6.45) is 5.68. The predicted octanol–water partition coefficient (Wildman–Crippen LogP) is 6.18. The lowest BCUT2D eigenvalue weighted by Gasteiger charge is -2.26. The molecule has 3 atom stereocenters. The zero-order valence-electron chi connectivity index (χ0n) is 23.5. The Morgan fingerprint density at radius 3 is 2.65 bits per heavy atom. The number of hydrogen-bond acceptors (Lipinski definition) is 5. The van der Waals surface area contributed by atoms with Gasteiger partial charge < -0.3 is 14.8 Å². The van der Waals surface area contributed by atoms with Crippen molar-refractivity contribution in [3.63, 3.8) is 0 Å². The van der Waals surface area contributed by atoms with Crippen LogP contribution < -0.4 is 5.32 Å². The number of benzene rings is 3. The van der Waals surface area contributed by atoms with Crippen LogP contribution in [0.15, 0.2) is 70.2 Å². The molecule has 7 nitrogen and oxygen atoms in total. The van der Waals surface area contributed by atoms with Gasteiger partial charge in [-0.25, -0.2) is 4.79 Å². The number of carbonyl (C=O) groups is 3. The standard InChI is InChI=1S/C33H31Cl2NO6S/c1-43(2,41)24-5-3-4-20(14-24)15-27(33(39)40)36-32(38)30-26(34)18-23-17-22(9-10-25(23)31(30)35)28(37)11-7-19-6-8-21-12-13-42-29(21)16-19/h3-6,8,12-14,16,18,22,27H,1,7,9-11,15,17H2,2H3,(H,36,38)(H,39,40)/t22?,27-,43?/m0/s1. The number of furan rings is 1.